The highest BCUT2D eigenvalue weighted by Crippen LogP contribution is 2.34. The van der Waals surface area contributed by atoms with Crippen LogP contribution in [0.25, 0.3) is 0 Å². The molecule has 0 radical (unpaired) electrons. The molecule has 0 spiro atoms. The molecule has 0 aromatic rings. The minimum absolute atomic E-state index is 0.0570. The molecule has 0 heterocycles. The number of nitrogens with zero attached hydrogens (tertiary/aromatic N) is 1. The molecule has 92 valence electrons. The zero-order valence-corrected chi connectivity index (χ0v) is 10.1. The SMILES string of the molecule is CCC(C)N(CC(=O)O)C(=O)NC1(C)CC1. The van der Waals surface area contributed by atoms with Gasteiger partial charge in [0.25, 0.3) is 0 Å². The van der Waals surface area contributed by atoms with E-state index >= 15 is 0 Å². The minimum Gasteiger partial charge on any atom is -0.480 e. The van der Waals surface area contributed by atoms with Crippen molar-refractivity contribution in [3.63, 3.8) is 0 Å². The summed E-state index contributed by atoms with van der Waals surface area (Å²) in [6, 6.07) is -0.324. The number of rotatable bonds is 5. The number of carbonyl (C=O) groups is 2. The maximum Gasteiger partial charge on any atom is 0.323 e. The molecule has 0 bridgehead atoms. The monoisotopic (exact) mass is 228 g/mol. The van der Waals surface area contributed by atoms with Crippen LogP contribution in [-0.2, 0) is 4.79 Å². The van der Waals surface area contributed by atoms with Crippen LogP contribution < -0.4 is 5.32 Å². The molecule has 2 amide bonds. The smallest absolute Gasteiger partial charge is 0.323 e. The van der Waals surface area contributed by atoms with Crippen molar-refractivity contribution in [3.8, 4) is 0 Å². The predicted octanol–water partition coefficient (Wildman–Crippen LogP) is 1.43. The standard InChI is InChI=1S/C11H20N2O3/c1-4-8(2)13(7-9(14)15)10(16)12-11(3)5-6-11/h8H,4-7H2,1-3H3,(H,12,16)(H,14,15). The number of carbonyl (C=O) groups excluding carboxylic acids is 1. The molecule has 1 aliphatic rings. The van der Waals surface area contributed by atoms with Gasteiger partial charge in [-0.2, -0.15) is 0 Å². The maximum atomic E-state index is 11.9. The van der Waals surface area contributed by atoms with Crippen molar-refractivity contribution in [2.24, 2.45) is 0 Å². The highest BCUT2D eigenvalue weighted by atomic mass is 16.4. The van der Waals surface area contributed by atoms with Crippen LogP contribution in [0.1, 0.15) is 40.0 Å². The van der Waals surface area contributed by atoms with Crippen molar-refractivity contribution < 1.29 is 14.7 Å². The first kappa shape index (κ1) is 12.8. The Labute approximate surface area is 95.8 Å². The van der Waals surface area contributed by atoms with Crippen molar-refractivity contribution >= 4 is 12.0 Å². The maximum absolute atomic E-state index is 11.9. The Bertz CT molecular complexity index is 287. The van der Waals surface area contributed by atoms with Gasteiger partial charge in [0.15, 0.2) is 0 Å². The largest absolute Gasteiger partial charge is 0.480 e. The summed E-state index contributed by atoms with van der Waals surface area (Å²) in [6.07, 6.45) is 2.69. The lowest BCUT2D eigenvalue weighted by molar-refractivity contribution is -0.138. The topological polar surface area (TPSA) is 69.6 Å². The summed E-state index contributed by atoms with van der Waals surface area (Å²) < 4.78 is 0. The van der Waals surface area contributed by atoms with Gasteiger partial charge in [0.2, 0.25) is 0 Å². The van der Waals surface area contributed by atoms with E-state index in [2.05, 4.69) is 5.32 Å². The number of nitrogens with one attached hydrogen (secondary N) is 1. The first-order chi connectivity index (χ1) is 7.38. The molecule has 0 aliphatic heterocycles. The number of urea groups is 1. The molecule has 1 unspecified atom stereocenters. The summed E-state index contributed by atoms with van der Waals surface area (Å²) in [4.78, 5) is 24.0. The molecule has 1 fully saturated rings. The van der Waals surface area contributed by atoms with Crippen LogP contribution in [0.4, 0.5) is 4.79 Å². The van der Waals surface area contributed by atoms with E-state index in [4.69, 9.17) is 5.11 Å². The van der Waals surface area contributed by atoms with Gasteiger partial charge >= 0.3 is 12.0 Å². The molecule has 1 aliphatic carbocycles. The van der Waals surface area contributed by atoms with Crippen molar-refractivity contribution in [3.05, 3.63) is 0 Å². The molecular weight excluding hydrogens is 208 g/mol. The molecule has 1 atom stereocenters. The van der Waals surface area contributed by atoms with E-state index in [1.165, 1.54) is 4.90 Å². The minimum atomic E-state index is -0.976. The summed E-state index contributed by atoms with van der Waals surface area (Å²) in [5.74, 6) is -0.976. The lowest BCUT2D eigenvalue weighted by Crippen LogP contribution is -2.50. The molecule has 1 rings (SSSR count). The normalized spacial score (nSPS) is 18.7. The third-order valence-corrected chi connectivity index (χ3v) is 3.10. The van der Waals surface area contributed by atoms with Crippen LogP contribution >= 0.6 is 0 Å². The van der Waals surface area contributed by atoms with E-state index in [0.717, 1.165) is 19.3 Å². The Morgan fingerprint density at radius 3 is 2.44 bits per heavy atom. The van der Waals surface area contributed by atoms with E-state index in [9.17, 15) is 9.59 Å². The van der Waals surface area contributed by atoms with E-state index in [0.29, 0.717) is 0 Å². The van der Waals surface area contributed by atoms with Crippen molar-refractivity contribution in [2.75, 3.05) is 6.54 Å². The van der Waals surface area contributed by atoms with E-state index in [-0.39, 0.29) is 24.2 Å². The van der Waals surface area contributed by atoms with Gasteiger partial charge in [-0.25, -0.2) is 4.79 Å². The fraction of sp³-hybridized carbons (Fsp3) is 0.818. The van der Waals surface area contributed by atoms with E-state index in [1.54, 1.807) is 0 Å². The van der Waals surface area contributed by atoms with Crippen LogP contribution in [0.3, 0.4) is 0 Å². The second-order valence-electron chi connectivity index (χ2n) is 4.77. The fourth-order valence-electron chi connectivity index (χ4n) is 1.44. The third kappa shape index (κ3) is 3.40. The van der Waals surface area contributed by atoms with Gasteiger partial charge in [-0.3, -0.25) is 4.79 Å². The lowest BCUT2D eigenvalue weighted by atomic mass is 10.2. The third-order valence-electron chi connectivity index (χ3n) is 3.10. The zero-order chi connectivity index (χ0) is 12.3. The lowest BCUT2D eigenvalue weighted by Gasteiger charge is -2.28. The van der Waals surface area contributed by atoms with Gasteiger partial charge in [-0.15, -0.1) is 0 Å². The second-order valence-corrected chi connectivity index (χ2v) is 4.77. The molecule has 16 heavy (non-hydrogen) atoms. The molecule has 1 saturated carbocycles. The molecule has 0 aromatic heterocycles. The molecule has 5 nitrogen and oxygen atoms in total. The van der Waals surface area contributed by atoms with E-state index < -0.39 is 5.97 Å². The average Bonchev–Trinajstić information content (AvgIpc) is 2.90. The van der Waals surface area contributed by atoms with Gasteiger partial charge in [0.1, 0.15) is 6.54 Å². The molecule has 0 aromatic carbocycles. The van der Waals surface area contributed by atoms with Crippen molar-refractivity contribution in [1.82, 2.24) is 10.2 Å². The van der Waals surface area contributed by atoms with Crippen LogP contribution in [0.5, 0.6) is 0 Å². The van der Waals surface area contributed by atoms with Gasteiger partial charge in [-0.1, -0.05) is 6.92 Å². The summed E-state index contributed by atoms with van der Waals surface area (Å²) in [6.45, 7) is 5.53. The summed E-state index contributed by atoms with van der Waals surface area (Å²) in [5, 5.41) is 11.6. The van der Waals surface area contributed by atoms with Crippen LogP contribution in [-0.4, -0.2) is 40.1 Å². The molecular formula is C11H20N2O3. The number of carboxylic acids is 1. The Kier molecular flexibility index (Phi) is 3.78. The summed E-state index contributed by atoms with van der Waals surface area (Å²) in [7, 11) is 0. The van der Waals surface area contributed by atoms with Gasteiger partial charge in [0.05, 0.1) is 0 Å². The van der Waals surface area contributed by atoms with Crippen LogP contribution in [0, 0.1) is 0 Å². The second kappa shape index (κ2) is 4.72. The van der Waals surface area contributed by atoms with Crippen LogP contribution in [0.15, 0.2) is 0 Å². The Balaban J connectivity index is 2.59. The first-order valence-electron chi connectivity index (χ1n) is 5.68. The van der Waals surface area contributed by atoms with Gasteiger partial charge in [-0.05, 0) is 33.1 Å². The number of carboxylic acid groups (broad SMARTS) is 1. The Hall–Kier alpha value is -1.26. The number of amides is 2. The number of aliphatic carboxylic acids is 1. The van der Waals surface area contributed by atoms with Crippen LogP contribution in [0.2, 0.25) is 0 Å². The average molecular weight is 228 g/mol. The Morgan fingerprint density at radius 2 is 2.06 bits per heavy atom. The predicted molar refractivity (Wildman–Crippen MR) is 60.3 cm³/mol. The fourth-order valence-corrected chi connectivity index (χ4v) is 1.44. The van der Waals surface area contributed by atoms with Gasteiger partial charge < -0.3 is 15.3 Å². The summed E-state index contributed by atoms with van der Waals surface area (Å²) >= 11 is 0. The molecule has 2 N–H and O–H groups in total. The first-order valence-corrected chi connectivity index (χ1v) is 5.68. The number of hydrogen-bond donors (Lipinski definition) is 2. The molecule has 0 saturated heterocycles. The Morgan fingerprint density at radius 1 is 1.50 bits per heavy atom. The zero-order valence-electron chi connectivity index (χ0n) is 10.1. The highest BCUT2D eigenvalue weighted by Gasteiger charge is 2.40. The van der Waals surface area contributed by atoms with Gasteiger partial charge in [0, 0.05) is 11.6 Å². The quantitative estimate of drug-likeness (QED) is 0.748. The number of hydrogen-bond acceptors (Lipinski definition) is 2. The van der Waals surface area contributed by atoms with E-state index in [1.807, 2.05) is 20.8 Å². The summed E-state index contributed by atoms with van der Waals surface area (Å²) in [5.41, 5.74) is -0.110. The van der Waals surface area contributed by atoms with Crippen molar-refractivity contribution in [1.29, 1.82) is 0 Å². The molecule has 5 heteroatoms. The highest BCUT2D eigenvalue weighted by molar-refractivity contribution is 5.81. The van der Waals surface area contributed by atoms with Crippen molar-refractivity contribution in [2.45, 2.75) is 51.6 Å².